The molecule has 2 heterocycles. The molecule has 1 fully saturated rings. The number of aryl methyl sites for hydroxylation is 1. The standard InChI is InChI=1S/C13H22ClN3O2/c1-4-17-11(10(14)9-15-17)12(18)13(2,3)16-5-7-19-8-6-16/h9,12,18H,4-8H2,1-3H3. The molecule has 1 unspecified atom stereocenters. The van der Waals surface area contributed by atoms with Crippen molar-refractivity contribution in [1.82, 2.24) is 14.7 Å². The first-order valence-corrected chi connectivity index (χ1v) is 7.08. The fourth-order valence-corrected chi connectivity index (χ4v) is 2.79. The molecule has 6 heteroatoms. The van der Waals surface area contributed by atoms with E-state index in [1.54, 1.807) is 10.9 Å². The van der Waals surface area contributed by atoms with Gasteiger partial charge in [0.1, 0.15) is 6.10 Å². The summed E-state index contributed by atoms with van der Waals surface area (Å²) in [7, 11) is 0. The van der Waals surface area contributed by atoms with Gasteiger partial charge in [0, 0.05) is 25.2 Å². The summed E-state index contributed by atoms with van der Waals surface area (Å²) in [4.78, 5) is 2.24. The molecule has 0 aromatic carbocycles. The van der Waals surface area contributed by atoms with Crippen LogP contribution in [0.2, 0.25) is 5.02 Å². The Hall–Kier alpha value is -0.620. The normalized spacial score (nSPS) is 19.6. The minimum atomic E-state index is -0.680. The van der Waals surface area contributed by atoms with E-state index < -0.39 is 11.6 Å². The van der Waals surface area contributed by atoms with Crippen LogP contribution in [0.3, 0.4) is 0 Å². The molecule has 0 bridgehead atoms. The zero-order valence-electron chi connectivity index (χ0n) is 11.8. The van der Waals surface area contributed by atoms with Crippen LogP contribution < -0.4 is 0 Å². The van der Waals surface area contributed by atoms with Crippen molar-refractivity contribution >= 4 is 11.6 Å². The number of rotatable bonds is 4. The van der Waals surface area contributed by atoms with Crippen molar-refractivity contribution in [3.8, 4) is 0 Å². The van der Waals surface area contributed by atoms with Crippen molar-refractivity contribution in [2.75, 3.05) is 26.3 Å². The van der Waals surface area contributed by atoms with Crippen molar-refractivity contribution in [1.29, 1.82) is 0 Å². The van der Waals surface area contributed by atoms with Crippen LogP contribution in [0.15, 0.2) is 6.20 Å². The lowest BCUT2D eigenvalue weighted by molar-refractivity contribution is -0.0654. The van der Waals surface area contributed by atoms with E-state index in [4.69, 9.17) is 16.3 Å². The van der Waals surface area contributed by atoms with Crippen molar-refractivity contribution in [2.45, 2.75) is 39.0 Å². The van der Waals surface area contributed by atoms with Crippen LogP contribution in [-0.2, 0) is 11.3 Å². The van der Waals surface area contributed by atoms with Gasteiger partial charge in [-0.2, -0.15) is 5.10 Å². The summed E-state index contributed by atoms with van der Waals surface area (Å²) >= 11 is 6.18. The number of aliphatic hydroxyl groups is 1. The molecule has 1 N–H and O–H groups in total. The van der Waals surface area contributed by atoms with Gasteiger partial charge in [-0.25, -0.2) is 0 Å². The molecule has 0 radical (unpaired) electrons. The number of aromatic nitrogens is 2. The maximum atomic E-state index is 10.8. The molecule has 0 saturated carbocycles. The smallest absolute Gasteiger partial charge is 0.115 e. The van der Waals surface area contributed by atoms with Crippen LogP contribution in [0.1, 0.15) is 32.6 Å². The van der Waals surface area contributed by atoms with Gasteiger partial charge >= 0.3 is 0 Å². The Morgan fingerprint density at radius 3 is 2.68 bits per heavy atom. The quantitative estimate of drug-likeness (QED) is 0.916. The highest BCUT2D eigenvalue weighted by Gasteiger charge is 2.38. The third-order valence-corrected chi connectivity index (χ3v) is 4.18. The Kier molecular flexibility index (Phi) is 4.50. The molecule has 0 aliphatic carbocycles. The van der Waals surface area contributed by atoms with Crippen LogP contribution in [0.25, 0.3) is 0 Å². The Bertz CT molecular complexity index is 428. The molecule has 5 nitrogen and oxygen atoms in total. The van der Waals surface area contributed by atoms with E-state index in [0.29, 0.717) is 30.5 Å². The highest BCUT2D eigenvalue weighted by Crippen LogP contribution is 2.35. The van der Waals surface area contributed by atoms with Gasteiger partial charge in [-0.05, 0) is 20.8 Å². The van der Waals surface area contributed by atoms with E-state index in [1.165, 1.54) is 0 Å². The maximum Gasteiger partial charge on any atom is 0.115 e. The average molecular weight is 288 g/mol. The van der Waals surface area contributed by atoms with Crippen LogP contribution in [0.5, 0.6) is 0 Å². The number of halogens is 1. The predicted octanol–water partition coefficient (Wildman–Crippen LogP) is 1.70. The van der Waals surface area contributed by atoms with Crippen molar-refractivity contribution < 1.29 is 9.84 Å². The number of nitrogens with zero attached hydrogens (tertiary/aromatic N) is 3. The predicted molar refractivity (Wildman–Crippen MR) is 74.3 cm³/mol. The van der Waals surface area contributed by atoms with Crippen molar-refractivity contribution in [3.63, 3.8) is 0 Å². The molecule has 1 aromatic heterocycles. The van der Waals surface area contributed by atoms with E-state index in [-0.39, 0.29) is 0 Å². The summed E-state index contributed by atoms with van der Waals surface area (Å²) < 4.78 is 7.13. The molecule has 2 rings (SSSR count). The lowest BCUT2D eigenvalue weighted by atomic mass is 9.92. The molecule has 1 saturated heterocycles. The Morgan fingerprint density at radius 1 is 1.47 bits per heavy atom. The summed E-state index contributed by atoms with van der Waals surface area (Å²) in [6.45, 7) is 9.80. The second kappa shape index (κ2) is 5.79. The number of hydrogen-bond acceptors (Lipinski definition) is 4. The van der Waals surface area contributed by atoms with Gasteiger partial charge in [-0.3, -0.25) is 9.58 Å². The van der Waals surface area contributed by atoms with E-state index >= 15 is 0 Å². The van der Waals surface area contributed by atoms with Gasteiger partial charge in [0.25, 0.3) is 0 Å². The van der Waals surface area contributed by atoms with E-state index in [2.05, 4.69) is 10.00 Å². The molecule has 108 valence electrons. The third kappa shape index (κ3) is 2.79. The summed E-state index contributed by atoms with van der Waals surface area (Å²) in [6, 6.07) is 0. The number of hydrogen-bond donors (Lipinski definition) is 1. The van der Waals surface area contributed by atoms with Gasteiger partial charge in [-0.1, -0.05) is 11.6 Å². The maximum absolute atomic E-state index is 10.8. The van der Waals surface area contributed by atoms with Crippen LogP contribution in [-0.4, -0.2) is 51.6 Å². The molecule has 0 spiro atoms. The number of morpholine rings is 1. The van der Waals surface area contributed by atoms with Gasteiger partial charge in [0.15, 0.2) is 0 Å². The third-order valence-electron chi connectivity index (χ3n) is 3.89. The zero-order chi connectivity index (χ0) is 14.0. The first-order valence-electron chi connectivity index (χ1n) is 6.70. The van der Waals surface area contributed by atoms with Crippen molar-refractivity contribution in [2.24, 2.45) is 0 Å². The molecule has 19 heavy (non-hydrogen) atoms. The fraction of sp³-hybridized carbons (Fsp3) is 0.769. The Labute approximate surface area is 119 Å². The first kappa shape index (κ1) is 14.8. The Morgan fingerprint density at radius 2 is 2.11 bits per heavy atom. The topological polar surface area (TPSA) is 50.5 Å². The van der Waals surface area contributed by atoms with Crippen molar-refractivity contribution in [3.05, 3.63) is 16.9 Å². The molecular formula is C13H22ClN3O2. The monoisotopic (exact) mass is 287 g/mol. The molecule has 1 aliphatic rings. The highest BCUT2D eigenvalue weighted by molar-refractivity contribution is 6.31. The highest BCUT2D eigenvalue weighted by atomic mass is 35.5. The second-order valence-electron chi connectivity index (χ2n) is 5.35. The lowest BCUT2D eigenvalue weighted by Gasteiger charge is -2.43. The number of aliphatic hydroxyl groups excluding tert-OH is 1. The SMILES string of the molecule is CCn1ncc(Cl)c1C(O)C(C)(C)N1CCOCC1. The number of ether oxygens (including phenoxy) is 1. The summed E-state index contributed by atoms with van der Waals surface area (Å²) in [5, 5.41) is 15.5. The van der Waals surface area contributed by atoms with Gasteiger partial charge in [0.05, 0.1) is 30.1 Å². The minimum Gasteiger partial charge on any atom is -0.385 e. The Balaban J connectivity index is 2.25. The van der Waals surface area contributed by atoms with Gasteiger partial charge < -0.3 is 9.84 Å². The largest absolute Gasteiger partial charge is 0.385 e. The molecule has 1 aliphatic heterocycles. The average Bonchev–Trinajstić information content (AvgIpc) is 2.79. The zero-order valence-corrected chi connectivity index (χ0v) is 12.5. The first-order chi connectivity index (χ1) is 8.98. The van der Waals surface area contributed by atoms with E-state index in [0.717, 1.165) is 13.1 Å². The lowest BCUT2D eigenvalue weighted by Crippen LogP contribution is -2.53. The molecule has 1 aromatic rings. The summed E-state index contributed by atoms with van der Waals surface area (Å²) in [5.41, 5.74) is 0.293. The fourth-order valence-electron chi connectivity index (χ4n) is 2.54. The molecule has 0 amide bonds. The molecule has 1 atom stereocenters. The summed E-state index contributed by atoms with van der Waals surface area (Å²) in [6.07, 6.45) is 0.916. The second-order valence-corrected chi connectivity index (χ2v) is 5.76. The van der Waals surface area contributed by atoms with Crippen LogP contribution in [0.4, 0.5) is 0 Å². The van der Waals surface area contributed by atoms with Gasteiger partial charge in [-0.15, -0.1) is 0 Å². The molecular weight excluding hydrogens is 266 g/mol. The van der Waals surface area contributed by atoms with E-state index in [9.17, 15) is 5.11 Å². The summed E-state index contributed by atoms with van der Waals surface area (Å²) in [5.74, 6) is 0. The van der Waals surface area contributed by atoms with Crippen LogP contribution >= 0.6 is 11.6 Å². The van der Waals surface area contributed by atoms with E-state index in [1.807, 2.05) is 20.8 Å². The van der Waals surface area contributed by atoms with Crippen LogP contribution in [0, 0.1) is 0 Å². The van der Waals surface area contributed by atoms with Gasteiger partial charge in [0.2, 0.25) is 0 Å². The minimum absolute atomic E-state index is 0.402.